The predicted molar refractivity (Wildman–Crippen MR) is 67.0 cm³/mol. The van der Waals surface area contributed by atoms with Crippen LogP contribution in [0.2, 0.25) is 0 Å². The summed E-state index contributed by atoms with van der Waals surface area (Å²) < 4.78 is 0. The fraction of sp³-hybridized carbons (Fsp3) is 0.214. The summed E-state index contributed by atoms with van der Waals surface area (Å²) in [6, 6.07) is 8.39. The minimum atomic E-state index is 0.559. The van der Waals surface area contributed by atoms with E-state index >= 15 is 0 Å². The highest BCUT2D eigenvalue weighted by Gasteiger charge is 2.06. The quantitative estimate of drug-likeness (QED) is 0.831. The van der Waals surface area contributed by atoms with E-state index in [9.17, 15) is 0 Å². The van der Waals surface area contributed by atoms with Crippen molar-refractivity contribution in [1.82, 2.24) is 4.98 Å². The zero-order valence-electron chi connectivity index (χ0n) is 9.70. The van der Waals surface area contributed by atoms with E-state index in [1.165, 1.54) is 27.8 Å². The SMILES string of the molecule is Cc1ccc(CN)c(-c2cnccc2C)c1. The molecule has 0 atom stereocenters. The maximum atomic E-state index is 5.77. The summed E-state index contributed by atoms with van der Waals surface area (Å²) in [6.45, 7) is 4.75. The van der Waals surface area contributed by atoms with Crippen LogP contribution in [0.5, 0.6) is 0 Å². The third kappa shape index (κ3) is 1.97. The van der Waals surface area contributed by atoms with Crippen LogP contribution in [0.15, 0.2) is 36.7 Å². The first kappa shape index (κ1) is 10.8. The lowest BCUT2D eigenvalue weighted by molar-refractivity contribution is 1.07. The van der Waals surface area contributed by atoms with Crippen LogP contribution in [-0.2, 0) is 6.54 Å². The molecule has 0 spiro atoms. The minimum Gasteiger partial charge on any atom is -0.326 e. The highest BCUT2D eigenvalue weighted by Crippen LogP contribution is 2.26. The average molecular weight is 212 g/mol. The van der Waals surface area contributed by atoms with Gasteiger partial charge in [0.1, 0.15) is 0 Å². The van der Waals surface area contributed by atoms with Gasteiger partial charge in [-0.25, -0.2) is 0 Å². The molecule has 2 N–H and O–H groups in total. The number of pyridine rings is 1. The van der Waals surface area contributed by atoms with Crippen molar-refractivity contribution in [3.8, 4) is 11.1 Å². The molecule has 0 unspecified atom stereocenters. The lowest BCUT2D eigenvalue weighted by Gasteiger charge is -2.11. The largest absolute Gasteiger partial charge is 0.326 e. The number of aromatic nitrogens is 1. The van der Waals surface area contributed by atoms with E-state index in [0.29, 0.717) is 6.54 Å². The van der Waals surface area contributed by atoms with Crippen molar-refractivity contribution in [2.75, 3.05) is 0 Å². The molecule has 0 fully saturated rings. The number of aryl methyl sites for hydroxylation is 2. The van der Waals surface area contributed by atoms with Crippen LogP contribution in [0.4, 0.5) is 0 Å². The number of nitrogens with zero attached hydrogens (tertiary/aromatic N) is 1. The molecule has 0 radical (unpaired) electrons. The van der Waals surface area contributed by atoms with Crippen LogP contribution in [0.1, 0.15) is 16.7 Å². The molecule has 0 aliphatic rings. The van der Waals surface area contributed by atoms with E-state index in [1.807, 2.05) is 18.5 Å². The van der Waals surface area contributed by atoms with Crippen LogP contribution >= 0.6 is 0 Å². The molecular formula is C14H16N2. The summed E-state index contributed by atoms with van der Waals surface area (Å²) in [4.78, 5) is 4.19. The molecule has 2 heteroatoms. The molecule has 1 aromatic carbocycles. The van der Waals surface area contributed by atoms with Gasteiger partial charge >= 0.3 is 0 Å². The average Bonchev–Trinajstić information content (AvgIpc) is 2.29. The molecule has 1 aromatic heterocycles. The van der Waals surface area contributed by atoms with Crippen molar-refractivity contribution in [3.05, 3.63) is 53.3 Å². The highest BCUT2D eigenvalue weighted by atomic mass is 14.6. The predicted octanol–water partition coefficient (Wildman–Crippen LogP) is 2.82. The number of benzene rings is 1. The summed E-state index contributed by atoms with van der Waals surface area (Å²) in [6.07, 6.45) is 3.72. The number of nitrogens with two attached hydrogens (primary N) is 1. The Morgan fingerprint density at radius 3 is 2.62 bits per heavy atom. The fourth-order valence-electron chi connectivity index (χ4n) is 1.86. The lowest BCUT2D eigenvalue weighted by Crippen LogP contribution is -2.00. The first-order valence-electron chi connectivity index (χ1n) is 5.43. The van der Waals surface area contributed by atoms with Crippen LogP contribution in [0, 0.1) is 13.8 Å². The number of hydrogen-bond donors (Lipinski definition) is 1. The van der Waals surface area contributed by atoms with E-state index < -0.39 is 0 Å². The van der Waals surface area contributed by atoms with Gasteiger partial charge in [-0.05, 0) is 36.6 Å². The molecule has 2 aromatic rings. The van der Waals surface area contributed by atoms with Crippen LogP contribution < -0.4 is 5.73 Å². The van der Waals surface area contributed by atoms with E-state index in [0.717, 1.165) is 0 Å². The summed E-state index contributed by atoms with van der Waals surface area (Å²) in [5.41, 5.74) is 11.8. The maximum absolute atomic E-state index is 5.77. The van der Waals surface area contributed by atoms with Crippen molar-refractivity contribution in [2.45, 2.75) is 20.4 Å². The molecular weight excluding hydrogens is 196 g/mol. The molecule has 0 amide bonds. The third-order valence-corrected chi connectivity index (χ3v) is 2.81. The Morgan fingerprint density at radius 2 is 1.94 bits per heavy atom. The Bertz CT molecular complexity index is 504. The first-order valence-corrected chi connectivity index (χ1v) is 5.43. The van der Waals surface area contributed by atoms with E-state index in [4.69, 9.17) is 5.73 Å². The van der Waals surface area contributed by atoms with Crippen LogP contribution in [0.3, 0.4) is 0 Å². The monoisotopic (exact) mass is 212 g/mol. The molecule has 2 rings (SSSR count). The van der Waals surface area contributed by atoms with Gasteiger partial charge < -0.3 is 5.73 Å². The van der Waals surface area contributed by atoms with Gasteiger partial charge in [-0.3, -0.25) is 4.98 Å². The molecule has 0 bridgehead atoms. The second-order valence-electron chi connectivity index (χ2n) is 4.06. The summed E-state index contributed by atoms with van der Waals surface area (Å²) >= 11 is 0. The standard InChI is InChI=1S/C14H16N2/c1-10-3-4-12(8-15)13(7-10)14-9-16-6-5-11(14)2/h3-7,9H,8,15H2,1-2H3. The van der Waals surface area contributed by atoms with Gasteiger partial charge in [-0.1, -0.05) is 23.8 Å². The van der Waals surface area contributed by atoms with Gasteiger partial charge in [0.15, 0.2) is 0 Å². The molecule has 0 aliphatic carbocycles. The Balaban J connectivity index is 2.63. The molecule has 1 heterocycles. The molecule has 0 saturated heterocycles. The second kappa shape index (κ2) is 4.45. The molecule has 16 heavy (non-hydrogen) atoms. The normalized spacial score (nSPS) is 10.4. The Kier molecular flexibility index (Phi) is 3.02. The van der Waals surface area contributed by atoms with Gasteiger partial charge in [0.25, 0.3) is 0 Å². The Hall–Kier alpha value is -1.67. The zero-order chi connectivity index (χ0) is 11.5. The van der Waals surface area contributed by atoms with Gasteiger partial charge in [-0.2, -0.15) is 0 Å². The zero-order valence-corrected chi connectivity index (χ0v) is 9.70. The Labute approximate surface area is 96.1 Å². The van der Waals surface area contributed by atoms with Crippen molar-refractivity contribution >= 4 is 0 Å². The topological polar surface area (TPSA) is 38.9 Å². The van der Waals surface area contributed by atoms with Crippen LogP contribution in [-0.4, -0.2) is 4.98 Å². The summed E-state index contributed by atoms with van der Waals surface area (Å²) in [7, 11) is 0. The van der Waals surface area contributed by atoms with Crippen molar-refractivity contribution in [2.24, 2.45) is 5.73 Å². The van der Waals surface area contributed by atoms with E-state index in [-0.39, 0.29) is 0 Å². The highest BCUT2D eigenvalue weighted by molar-refractivity contribution is 5.70. The van der Waals surface area contributed by atoms with Crippen LogP contribution in [0.25, 0.3) is 11.1 Å². The lowest BCUT2D eigenvalue weighted by atomic mass is 9.96. The smallest absolute Gasteiger partial charge is 0.0349 e. The number of rotatable bonds is 2. The summed E-state index contributed by atoms with van der Waals surface area (Å²) in [5.74, 6) is 0. The molecule has 82 valence electrons. The van der Waals surface area contributed by atoms with Gasteiger partial charge in [0.05, 0.1) is 0 Å². The minimum absolute atomic E-state index is 0.559. The van der Waals surface area contributed by atoms with E-state index in [1.54, 1.807) is 0 Å². The molecule has 0 aliphatic heterocycles. The molecule has 2 nitrogen and oxygen atoms in total. The van der Waals surface area contributed by atoms with Crippen molar-refractivity contribution in [3.63, 3.8) is 0 Å². The van der Waals surface area contributed by atoms with Crippen molar-refractivity contribution < 1.29 is 0 Å². The van der Waals surface area contributed by atoms with Gasteiger partial charge in [-0.15, -0.1) is 0 Å². The van der Waals surface area contributed by atoms with Gasteiger partial charge in [0, 0.05) is 24.5 Å². The fourth-order valence-corrected chi connectivity index (χ4v) is 1.86. The van der Waals surface area contributed by atoms with E-state index in [2.05, 4.69) is 37.0 Å². The van der Waals surface area contributed by atoms with Gasteiger partial charge in [0.2, 0.25) is 0 Å². The first-order chi connectivity index (χ1) is 7.72. The van der Waals surface area contributed by atoms with Crippen molar-refractivity contribution in [1.29, 1.82) is 0 Å². The Morgan fingerprint density at radius 1 is 1.12 bits per heavy atom. The third-order valence-electron chi connectivity index (χ3n) is 2.81. The molecule has 0 saturated carbocycles. The summed E-state index contributed by atoms with van der Waals surface area (Å²) in [5, 5.41) is 0. The maximum Gasteiger partial charge on any atom is 0.0349 e. The number of hydrogen-bond acceptors (Lipinski definition) is 2. The second-order valence-corrected chi connectivity index (χ2v) is 4.06.